The Morgan fingerprint density at radius 1 is 1.00 bits per heavy atom. The van der Waals surface area contributed by atoms with E-state index in [0.29, 0.717) is 17.0 Å². The molecule has 0 spiro atoms. The SMILES string of the molecule is COc1ccc(C)cc1NC(=O)COC(=O)CCC(=O)c1ccc2c(c1)CCC2. The summed E-state index contributed by atoms with van der Waals surface area (Å²) in [5, 5.41) is 2.66. The molecule has 6 nitrogen and oxygen atoms in total. The van der Waals surface area contributed by atoms with Crippen LogP contribution in [0.25, 0.3) is 0 Å². The molecule has 0 fully saturated rings. The van der Waals surface area contributed by atoms with Gasteiger partial charge in [-0.25, -0.2) is 0 Å². The minimum atomic E-state index is -0.578. The molecule has 0 unspecified atom stereocenters. The molecule has 2 aromatic rings. The van der Waals surface area contributed by atoms with Crippen LogP contribution in [0.4, 0.5) is 5.69 Å². The highest BCUT2D eigenvalue weighted by molar-refractivity contribution is 5.98. The zero-order valence-corrected chi connectivity index (χ0v) is 16.7. The quantitative estimate of drug-likeness (QED) is 0.545. The number of hydrogen-bond donors (Lipinski definition) is 1. The van der Waals surface area contributed by atoms with Crippen LogP contribution in [-0.2, 0) is 27.2 Å². The fourth-order valence-electron chi connectivity index (χ4n) is 3.43. The number of amides is 1. The highest BCUT2D eigenvalue weighted by Gasteiger charge is 2.16. The maximum atomic E-state index is 12.3. The molecule has 152 valence electrons. The van der Waals surface area contributed by atoms with Crippen molar-refractivity contribution >= 4 is 23.3 Å². The molecule has 1 amide bonds. The maximum absolute atomic E-state index is 12.3. The number of fused-ring (bicyclic) bond motifs is 1. The molecule has 2 aromatic carbocycles. The molecule has 1 N–H and O–H groups in total. The van der Waals surface area contributed by atoms with Crippen LogP contribution in [0, 0.1) is 6.92 Å². The van der Waals surface area contributed by atoms with Gasteiger partial charge in [0.25, 0.3) is 5.91 Å². The number of Topliss-reactive ketones (excluding diaryl/α,β-unsaturated/α-hetero) is 1. The predicted octanol–water partition coefficient (Wildman–Crippen LogP) is 3.64. The summed E-state index contributed by atoms with van der Waals surface area (Å²) in [7, 11) is 1.51. The molecule has 1 aliphatic rings. The van der Waals surface area contributed by atoms with Crippen LogP contribution >= 0.6 is 0 Å². The molecule has 29 heavy (non-hydrogen) atoms. The Morgan fingerprint density at radius 3 is 2.59 bits per heavy atom. The van der Waals surface area contributed by atoms with Crippen LogP contribution in [0.1, 0.15) is 46.3 Å². The Morgan fingerprint density at radius 2 is 1.79 bits per heavy atom. The summed E-state index contributed by atoms with van der Waals surface area (Å²) in [5.41, 5.74) is 4.63. The normalized spacial score (nSPS) is 12.2. The van der Waals surface area contributed by atoms with E-state index < -0.39 is 18.5 Å². The lowest BCUT2D eigenvalue weighted by Crippen LogP contribution is -2.21. The van der Waals surface area contributed by atoms with Gasteiger partial charge < -0.3 is 14.8 Å². The van der Waals surface area contributed by atoms with E-state index in [0.717, 1.165) is 24.8 Å². The Kier molecular flexibility index (Phi) is 6.65. The summed E-state index contributed by atoms with van der Waals surface area (Å²) < 4.78 is 10.2. The van der Waals surface area contributed by atoms with Crippen molar-refractivity contribution in [2.75, 3.05) is 19.0 Å². The number of esters is 1. The molecule has 0 aliphatic heterocycles. The Labute approximate surface area is 170 Å². The second kappa shape index (κ2) is 9.37. The summed E-state index contributed by atoms with van der Waals surface area (Å²) in [6, 6.07) is 11.1. The topological polar surface area (TPSA) is 81.7 Å². The van der Waals surface area contributed by atoms with E-state index in [2.05, 4.69) is 5.32 Å². The van der Waals surface area contributed by atoms with Gasteiger partial charge >= 0.3 is 5.97 Å². The largest absolute Gasteiger partial charge is 0.495 e. The first-order valence-electron chi connectivity index (χ1n) is 9.71. The van der Waals surface area contributed by atoms with Crippen molar-refractivity contribution in [3.05, 3.63) is 58.7 Å². The minimum Gasteiger partial charge on any atom is -0.495 e. The molecular formula is C23H25NO5. The number of aryl methyl sites for hydroxylation is 3. The van der Waals surface area contributed by atoms with Crippen LogP contribution in [0.15, 0.2) is 36.4 Å². The van der Waals surface area contributed by atoms with Crippen molar-refractivity contribution in [1.82, 2.24) is 0 Å². The first-order chi connectivity index (χ1) is 14.0. The van der Waals surface area contributed by atoms with Gasteiger partial charge in [0.1, 0.15) is 5.75 Å². The smallest absolute Gasteiger partial charge is 0.306 e. The summed E-state index contributed by atoms with van der Waals surface area (Å²) in [5.74, 6) is -0.612. The average Bonchev–Trinajstić information content (AvgIpc) is 3.18. The number of anilines is 1. The van der Waals surface area contributed by atoms with Crippen molar-refractivity contribution in [2.24, 2.45) is 0 Å². The Balaban J connectivity index is 1.44. The standard InChI is InChI=1S/C23H25NO5/c1-15-6-10-21(28-2)19(12-15)24-22(26)14-29-23(27)11-9-20(25)18-8-7-16-4-3-5-17(16)13-18/h6-8,10,12-13H,3-5,9,11,14H2,1-2H3,(H,24,26). The molecule has 6 heteroatoms. The van der Waals surface area contributed by atoms with Crippen LogP contribution in [0.3, 0.4) is 0 Å². The third-order valence-electron chi connectivity index (χ3n) is 4.97. The van der Waals surface area contributed by atoms with Gasteiger partial charge in [-0.2, -0.15) is 0 Å². The summed E-state index contributed by atoms with van der Waals surface area (Å²) in [4.78, 5) is 36.3. The van der Waals surface area contributed by atoms with E-state index in [4.69, 9.17) is 9.47 Å². The molecule has 0 radical (unpaired) electrons. The number of ketones is 1. The number of methoxy groups -OCH3 is 1. The Hall–Kier alpha value is -3.15. The van der Waals surface area contributed by atoms with Gasteiger partial charge in [-0.05, 0) is 61.1 Å². The molecule has 0 saturated carbocycles. The van der Waals surface area contributed by atoms with Crippen molar-refractivity contribution in [3.8, 4) is 5.75 Å². The van der Waals surface area contributed by atoms with Gasteiger partial charge in [-0.1, -0.05) is 18.2 Å². The van der Waals surface area contributed by atoms with Gasteiger partial charge in [0.05, 0.1) is 19.2 Å². The number of carbonyl (C=O) groups is 3. The lowest BCUT2D eigenvalue weighted by Gasteiger charge is -2.11. The molecule has 0 bridgehead atoms. The lowest BCUT2D eigenvalue weighted by molar-refractivity contribution is -0.147. The summed E-state index contributed by atoms with van der Waals surface area (Å²) >= 11 is 0. The van der Waals surface area contributed by atoms with Crippen LogP contribution < -0.4 is 10.1 Å². The average molecular weight is 395 g/mol. The second-order valence-electron chi connectivity index (χ2n) is 7.17. The van der Waals surface area contributed by atoms with E-state index in [9.17, 15) is 14.4 Å². The number of rotatable bonds is 8. The van der Waals surface area contributed by atoms with Gasteiger partial charge in [0.15, 0.2) is 12.4 Å². The van der Waals surface area contributed by atoms with Crippen molar-refractivity contribution in [2.45, 2.75) is 39.0 Å². The second-order valence-corrected chi connectivity index (χ2v) is 7.17. The highest BCUT2D eigenvalue weighted by Crippen LogP contribution is 2.25. The highest BCUT2D eigenvalue weighted by atomic mass is 16.5. The zero-order valence-electron chi connectivity index (χ0n) is 16.7. The van der Waals surface area contributed by atoms with Crippen LogP contribution in [-0.4, -0.2) is 31.4 Å². The van der Waals surface area contributed by atoms with E-state index in [-0.39, 0.29) is 18.6 Å². The van der Waals surface area contributed by atoms with Gasteiger partial charge in [-0.15, -0.1) is 0 Å². The third-order valence-corrected chi connectivity index (χ3v) is 4.97. The number of nitrogens with one attached hydrogen (secondary N) is 1. The fourth-order valence-corrected chi connectivity index (χ4v) is 3.43. The Bertz CT molecular complexity index is 935. The fraction of sp³-hybridized carbons (Fsp3) is 0.348. The summed E-state index contributed by atoms with van der Waals surface area (Å²) in [6.45, 7) is 1.48. The molecule has 0 heterocycles. The van der Waals surface area contributed by atoms with Crippen LogP contribution in [0.5, 0.6) is 5.75 Å². The van der Waals surface area contributed by atoms with Gasteiger partial charge in [-0.3, -0.25) is 14.4 Å². The van der Waals surface area contributed by atoms with Gasteiger partial charge in [0, 0.05) is 12.0 Å². The van der Waals surface area contributed by atoms with Crippen LogP contribution in [0.2, 0.25) is 0 Å². The monoisotopic (exact) mass is 395 g/mol. The lowest BCUT2D eigenvalue weighted by atomic mass is 10.0. The van der Waals surface area contributed by atoms with E-state index in [1.165, 1.54) is 18.2 Å². The first-order valence-corrected chi connectivity index (χ1v) is 9.71. The van der Waals surface area contributed by atoms with Gasteiger partial charge in [0.2, 0.25) is 0 Å². The predicted molar refractivity (Wildman–Crippen MR) is 109 cm³/mol. The number of hydrogen-bond acceptors (Lipinski definition) is 5. The van der Waals surface area contributed by atoms with Crippen molar-refractivity contribution in [3.63, 3.8) is 0 Å². The van der Waals surface area contributed by atoms with E-state index in [1.54, 1.807) is 12.1 Å². The van der Waals surface area contributed by atoms with E-state index in [1.807, 2.05) is 31.2 Å². The zero-order chi connectivity index (χ0) is 20.8. The minimum absolute atomic E-state index is 0.0586. The molecule has 0 aromatic heterocycles. The molecule has 0 saturated heterocycles. The maximum Gasteiger partial charge on any atom is 0.306 e. The third kappa shape index (κ3) is 5.44. The van der Waals surface area contributed by atoms with Crippen molar-refractivity contribution < 1.29 is 23.9 Å². The summed E-state index contributed by atoms with van der Waals surface area (Å²) in [6.07, 6.45) is 3.18. The number of benzene rings is 2. The van der Waals surface area contributed by atoms with Crippen molar-refractivity contribution in [1.29, 1.82) is 0 Å². The molecule has 3 rings (SSSR count). The molecular weight excluding hydrogens is 370 g/mol. The molecule has 0 atom stereocenters. The molecule has 1 aliphatic carbocycles. The first kappa shape index (κ1) is 20.6. The van der Waals surface area contributed by atoms with E-state index >= 15 is 0 Å². The number of carbonyl (C=O) groups excluding carboxylic acids is 3. The number of ether oxygens (including phenoxy) is 2.